The third-order valence-electron chi connectivity index (χ3n) is 8.69. The topological polar surface area (TPSA) is 84.0 Å². The summed E-state index contributed by atoms with van der Waals surface area (Å²) < 4.78 is 5.26. The second-order valence-electron chi connectivity index (χ2n) is 10.8. The lowest BCUT2D eigenvalue weighted by molar-refractivity contribution is -0.154. The van der Waals surface area contributed by atoms with E-state index in [1.807, 2.05) is 48.5 Å². The Labute approximate surface area is 247 Å². The maximum Gasteiger partial charge on any atom is 0.274 e. The van der Waals surface area contributed by atoms with Gasteiger partial charge in [-0.3, -0.25) is 19.2 Å². The van der Waals surface area contributed by atoms with Crippen molar-refractivity contribution in [1.82, 2.24) is 10.0 Å². The Morgan fingerprint density at radius 2 is 1.29 bits per heavy atom. The first-order valence-electron chi connectivity index (χ1n) is 13.7. The zero-order chi connectivity index (χ0) is 29.1. The van der Waals surface area contributed by atoms with Crippen LogP contribution in [-0.2, 0) is 9.59 Å². The lowest BCUT2D eigenvalue weighted by Gasteiger charge is -2.45. The average molecular weight is 577 g/mol. The van der Waals surface area contributed by atoms with E-state index in [1.165, 1.54) is 13.2 Å². The lowest BCUT2D eigenvalue weighted by Crippen LogP contribution is -2.52. The first-order chi connectivity index (χ1) is 20.4. The number of Topliss-reactive ketones (excluding diaryl/α,β-unsaturated/α-hetero) is 1. The van der Waals surface area contributed by atoms with Crippen LogP contribution in [0.25, 0.3) is 0 Å². The minimum absolute atomic E-state index is 0.0858. The predicted octanol–water partition coefficient (Wildman–Crippen LogP) is 5.48. The van der Waals surface area contributed by atoms with Crippen molar-refractivity contribution in [2.24, 2.45) is 11.8 Å². The van der Waals surface area contributed by atoms with Gasteiger partial charge >= 0.3 is 0 Å². The Hall–Kier alpha value is -4.75. The van der Waals surface area contributed by atoms with Gasteiger partial charge < -0.3 is 4.74 Å². The summed E-state index contributed by atoms with van der Waals surface area (Å²) in [6, 6.07) is 28.7. The van der Waals surface area contributed by atoms with Crippen LogP contribution >= 0.6 is 11.6 Å². The number of hydrogen-bond acceptors (Lipinski definition) is 5. The molecule has 8 heteroatoms. The van der Waals surface area contributed by atoms with E-state index in [4.69, 9.17) is 16.3 Å². The summed E-state index contributed by atoms with van der Waals surface area (Å²) in [7, 11) is 1.49. The fourth-order valence-corrected chi connectivity index (χ4v) is 7.15. The summed E-state index contributed by atoms with van der Waals surface area (Å²) in [6.07, 6.45) is 0. The fourth-order valence-electron chi connectivity index (χ4n) is 6.93. The van der Waals surface area contributed by atoms with Crippen molar-refractivity contribution in [1.29, 1.82) is 0 Å². The Morgan fingerprint density at radius 3 is 1.81 bits per heavy atom. The molecule has 2 atom stereocenters. The van der Waals surface area contributed by atoms with Gasteiger partial charge in [0, 0.05) is 17.4 Å². The van der Waals surface area contributed by atoms with Gasteiger partial charge in [-0.15, -0.1) is 0 Å². The number of hydrogen-bond donors (Lipinski definition) is 0. The summed E-state index contributed by atoms with van der Waals surface area (Å²) in [4.78, 5) is 56.4. The summed E-state index contributed by atoms with van der Waals surface area (Å²) in [6.45, 7) is -0.538. The number of carbonyl (C=O) groups excluding carboxylic acids is 4. The fraction of sp³-hybridized carbons (Fsp3) is 0.176. The van der Waals surface area contributed by atoms with Crippen LogP contribution in [0.3, 0.4) is 0 Å². The van der Waals surface area contributed by atoms with E-state index in [9.17, 15) is 19.2 Å². The molecule has 0 saturated carbocycles. The van der Waals surface area contributed by atoms with Crippen LogP contribution in [0.2, 0.25) is 5.02 Å². The molecule has 0 spiro atoms. The number of ketones is 1. The minimum Gasteiger partial charge on any atom is -0.497 e. The summed E-state index contributed by atoms with van der Waals surface area (Å²) in [5.74, 6) is -3.80. The zero-order valence-corrected chi connectivity index (χ0v) is 23.3. The van der Waals surface area contributed by atoms with Crippen molar-refractivity contribution in [2.75, 3.05) is 13.7 Å². The molecule has 4 aliphatic rings. The summed E-state index contributed by atoms with van der Waals surface area (Å²) >= 11 is 6.40. The molecule has 2 bridgehead atoms. The molecule has 42 heavy (non-hydrogen) atoms. The third-order valence-corrected chi connectivity index (χ3v) is 9.02. The van der Waals surface area contributed by atoms with Gasteiger partial charge in [0.2, 0.25) is 0 Å². The zero-order valence-electron chi connectivity index (χ0n) is 22.6. The molecule has 0 radical (unpaired) electrons. The molecule has 1 heterocycles. The Morgan fingerprint density at radius 1 is 0.762 bits per heavy atom. The molecule has 3 aliphatic carbocycles. The molecule has 7 nitrogen and oxygen atoms in total. The molecule has 0 unspecified atom stereocenters. The predicted molar refractivity (Wildman–Crippen MR) is 155 cm³/mol. The van der Waals surface area contributed by atoms with Crippen LogP contribution in [-0.4, -0.2) is 47.2 Å². The second-order valence-corrected chi connectivity index (χ2v) is 11.2. The van der Waals surface area contributed by atoms with Crippen molar-refractivity contribution >= 4 is 35.1 Å². The maximum absolute atomic E-state index is 14.4. The van der Waals surface area contributed by atoms with Gasteiger partial charge in [-0.05, 0) is 46.5 Å². The van der Waals surface area contributed by atoms with Crippen molar-refractivity contribution in [3.63, 3.8) is 0 Å². The summed E-state index contributed by atoms with van der Waals surface area (Å²) in [5.41, 5.74) is 4.43. The van der Waals surface area contributed by atoms with Gasteiger partial charge in [0.05, 0.1) is 29.5 Å². The minimum atomic E-state index is -0.709. The van der Waals surface area contributed by atoms with Gasteiger partial charge in [-0.2, -0.15) is 5.01 Å². The molecule has 208 valence electrons. The van der Waals surface area contributed by atoms with Gasteiger partial charge in [0.1, 0.15) is 12.3 Å². The number of halogens is 1. The van der Waals surface area contributed by atoms with E-state index in [0.29, 0.717) is 5.75 Å². The highest BCUT2D eigenvalue weighted by Gasteiger charge is 2.63. The second kappa shape index (κ2) is 9.96. The van der Waals surface area contributed by atoms with Crippen LogP contribution < -0.4 is 4.74 Å². The number of imide groups is 1. The van der Waals surface area contributed by atoms with E-state index in [-0.39, 0.29) is 28.0 Å². The molecule has 3 amide bonds. The van der Waals surface area contributed by atoms with Gasteiger partial charge in [-0.1, -0.05) is 84.4 Å². The number of hydrazine groups is 1. The van der Waals surface area contributed by atoms with E-state index < -0.39 is 41.9 Å². The SMILES string of the molecule is COc1cccc(C(=O)CN(C(=O)c2ccccc2Cl)N2C(=O)[C@@H]3C4c5ccccc5C(c5ccccc54)[C@H]3C2=O)c1. The van der Waals surface area contributed by atoms with Crippen molar-refractivity contribution in [2.45, 2.75) is 11.8 Å². The van der Waals surface area contributed by atoms with Gasteiger partial charge in [-0.25, -0.2) is 5.01 Å². The first kappa shape index (κ1) is 26.2. The number of ether oxygens (including phenoxy) is 1. The first-order valence-corrected chi connectivity index (χ1v) is 14.1. The van der Waals surface area contributed by atoms with Crippen LogP contribution in [0.4, 0.5) is 0 Å². The van der Waals surface area contributed by atoms with E-state index in [1.54, 1.807) is 42.5 Å². The number of carbonyl (C=O) groups is 4. The van der Waals surface area contributed by atoms with E-state index in [0.717, 1.165) is 32.3 Å². The Balaban J connectivity index is 1.33. The average Bonchev–Trinajstić information content (AvgIpc) is 3.29. The largest absolute Gasteiger partial charge is 0.497 e. The molecule has 1 fully saturated rings. The molecule has 1 saturated heterocycles. The number of methoxy groups -OCH3 is 1. The number of benzene rings is 4. The number of amides is 3. The van der Waals surface area contributed by atoms with Crippen molar-refractivity contribution in [3.8, 4) is 5.75 Å². The van der Waals surface area contributed by atoms with Crippen molar-refractivity contribution in [3.05, 3.63) is 135 Å². The van der Waals surface area contributed by atoms with Crippen LogP contribution in [0.15, 0.2) is 97.1 Å². The smallest absolute Gasteiger partial charge is 0.274 e. The van der Waals surface area contributed by atoms with Gasteiger partial charge in [0.25, 0.3) is 17.7 Å². The van der Waals surface area contributed by atoms with Crippen LogP contribution in [0.1, 0.15) is 54.8 Å². The van der Waals surface area contributed by atoms with Crippen LogP contribution in [0.5, 0.6) is 5.75 Å². The van der Waals surface area contributed by atoms with Crippen LogP contribution in [0, 0.1) is 11.8 Å². The van der Waals surface area contributed by atoms with Crippen molar-refractivity contribution < 1.29 is 23.9 Å². The highest BCUT2D eigenvalue weighted by Crippen LogP contribution is 2.61. The van der Waals surface area contributed by atoms with Gasteiger partial charge in [0.15, 0.2) is 5.78 Å². The maximum atomic E-state index is 14.4. The highest BCUT2D eigenvalue weighted by molar-refractivity contribution is 6.34. The molecule has 8 rings (SSSR count). The lowest BCUT2D eigenvalue weighted by atomic mass is 9.55. The Kier molecular flexibility index (Phi) is 6.21. The van der Waals surface area contributed by atoms with E-state index in [2.05, 4.69) is 0 Å². The molecule has 0 aromatic heterocycles. The monoisotopic (exact) mass is 576 g/mol. The molecule has 4 aromatic rings. The number of nitrogens with zero attached hydrogens (tertiary/aromatic N) is 2. The quantitative estimate of drug-likeness (QED) is 0.224. The third kappa shape index (κ3) is 3.80. The van der Waals surface area contributed by atoms with E-state index >= 15 is 0 Å². The number of rotatable bonds is 6. The normalized spacial score (nSPS) is 21.4. The molecule has 1 aliphatic heterocycles. The summed E-state index contributed by atoms with van der Waals surface area (Å²) in [5, 5.41) is 2.04. The highest BCUT2D eigenvalue weighted by atomic mass is 35.5. The Bertz CT molecular complexity index is 1690. The molecular formula is C34H25ClN2O5. The standard InChI is InChI=1S/C34H25ClN2O5/c1-42-20-10-8-9-19(17-20)27(38)18-36(32(39)25-15-6-7-16-26(25)35)37-33(40)30-28-21-11-2-3-12-22(21)29(31(30)34(37)41)24-14-5-4-13-23(24)28/h2-17,28-31H,18H2,1H3/t28?,29?,30-,31-/m1/s1. The molecular weight excluding hydrogens is 552 g/mol. The molecule has 0 N–H and O–H groups in total. The molecule has 4 aromatic carbocycles.